The SMILES string of the molecule is CCCC#Cc1c[n+](O)c2ccccc2c1CCNC(=O)OC(C)(C)C. The molecule has 0 radical (unpaired) electrons. The van der Waals surface area contributed by atoms with Crippen molar-refractivity contribution in [2.75, 3.05) is 6.54 Å². The number of ether oxygens (including phenoxy) is 1. The van der Waals surface area contributed by atoms with Gasteiger partial charge in [0.2, 0.25) is 6.20 Å². The fraction of sp³-hybridized carbons (Fsp3) is 0.429. The van der Waals surface area contributed by atoms with Gasteiger partial charge in [-0.1, -0.05) is 30.9 Å². The van der Waals surface area contributed by atoms with Crippen LogP contribution in [0.25, 0.3) is 10.9 Å². The largest absolute Gasteiger partial charge is 0.444 e. The molecule has 1 heterocycles. The number of nitrogens with zero attached hydrogens (tertiary/aromatic N) is 1. The van der Waals surface area contributed by atoms with Crippen LogP contribution in [0.1, 0.15) is 51.7 Å². The minimum absolute atomic E-state index is 0.427. The zero-order valence-electron chi connectivity index (χ0n) is 15.9. The number of carbonyl (C=O) groups is 1. The summed E-state index contributed by atoms with van der Waals surface area (Å²) >= 11 is 0. The Hall–Kier alpha value is -2.74. The predicted octanol–water partition coefficient (Wildman–Crippen LogP) is 3.58. The molecule has 26 heavy (non-hydrogen) atoms. The van der Waals surface area contributed by atoms with Gasteiger partial charge in [0.25, 0.3) is 5.52 Å². The molecule has 138 valence electrons. The average Bonchev–Trinajstić information content (AvgIpc) is 2.56. The maximum atomic E-state index is 11.9. The third-order valence-corrected chi connectivity index (χ3v) is 3.69. The van der Waals surface area contributed by atoms with Crippen LogP contribution in [0.5, 0.6) is 0 Å². The molecule has 2 N–H and O–H groups in total. The van der Waals surface area contributed by atoms with Gasteiger partial charge in [-0.15, -0.1) is 0 Å². The van der Waals surface area contributed by atoms with Gasteiger partial charge in [0.15, 0.2) is 0 Å². The Labute approximate surface area is 154 Å². The van der Waals surface area contributed by atoms with E-state index < -0.39 is 11.7 Å². The van der Waals surface area contributed by atoms with Crippen molar-refractivity contribution in [3.63, 3.8) is 0 Å². The van der Waals surface area contributed by atoms with Gasteiger partial charge in [-0.2, -0.15) is 0 Å². The molecule has 0 aliphatic carbocycles. The van der Waals surface area contributed by atoms with Gasteiger partial charge in [-0.3, -0.25) is 5.21 Å². The number of fused-ring (bicyclic) bond motifs is 1. The van der Waals surface area contributed by atoms with E-state index in [2.05, 4.69) is 24.1 Å². The first kappa shape index (κ1) is 19.6. The summed E-state index contributed by atoms with van der Waals surface area (Å²) < 4.78 is 6.38. The maximum absolute atomic E-state index is 11.9. The van der Waals surface area contributed by atoms with Crippen molar-refractivity contribution < 1.29 is 19.5 Å². The number of carbonyl (C=O) groups excluding carboxylic acids is 1. The van der Waals surface area contributed by atoms with Gasteiger partial charge in [-0.25, -0.2) is 4.79 Å². The van der Waals surface area contributed by atoms with E-state index in [0.29, 0.717) is 18.5 Å². The summed E-state index contributed by atoms with van der Waals surface area (Å²) in [4.78, 5) is 11.9. The second-order valence-corrected chi connectivity index (χ2v) is 7.11. The first-order valence-corrected chi connectivity index (χ1v) is 8.93. The van der Waals surface area contributed by atoms with E-state index in [1.165, 1.54) is 0 Å². The summed E-state index contributed by atoms with van der Waals surface area (Å²) in [6.07, 6.45) is 3.57. The van der Waals surface area contributed by atoms with E-state index in [9.17, 15) is 10.0 Å². The summed E-state index contributed by atoms with van der Waals surface area (Å²) in [7, 11) is 0. The highest BCUT2D eigenvalue weighted by molar-refractivity contribution is 5.81. The van der Waals surface area contributed by atoms with Crippen molar-refractivity contribution in [3.05, 3.63) is 41.6 Å². The maximum Gasteiger partial charge on any atom is 0.407 e. The van der Waals surface area contributed by atoms with Gasteiger partial charge in [0.1, 0.15) is 5.60 Å². The molecule has 0 aliphatic heterocycles. The molecular weight excluding hydrogens is 328 g/mol. The highest BCUT2D eigenvalue weighted by atomic mass is 16.6. The minimum atomic E-state index is -0.525. The number of aromatic nitrogens is 1. The quantitative estimate of drug-likeness (QED) is 0.501. The van der Waals surface area contributed by atoms with Crippen LogP contribution in [0.3, 0.4) is 0 Å². The summed E-state index contributed by atoms with van der Waals surface area (Å²) in [6, 6.07) is 7.61. The van der Waals surface area contributed by atoms with E-state index in [1.54, 1.807) is 6.20 Å². The smallest absolute Gasteiger partial charge is 0.407 e. The Morgan fingerprint density at radius 2 is 2.04 bits per heavy atom. The lowest BCUT2D eigenvalue weighted by Gasteiger charge is -2.19. The Balaban J connectivity index is 2.26. The van der Waals surface area contributed by atoms with Crippen molar-refractivity contribution in [2.24, 2.45) is 0 Å². The number of benzene rings is 1. The van der Waals surface area contributed by atoms with Gasteiger partial charge >= 0.3 is 6.09 Å². The molecule has 0 atom stereocenters. The number of amides is 1. The standard InChI is InChI=1S/C21H26N2O3/c1-5-6-7-10-16-15-23(25)19-12-9-8-11-18(19)17(16)13-14-22-20(24)26-21(2,3)4/h8-9,11-12,15H,5-6,13-14H2,1-4H3,(H-,22,24,25)/p+1. The molecule has 1 amide bonds. The van der Waals surface area contributed by atoms with E-state index in [1.807, 2.05) is 45.0 Å². The highest BCUT2D eigenvalue weighted by Crippen LogP contribution is 2.19. The summed E-state index contributed by atoms with van der Waals surface area (Å²) in [5, 5.41) is 13.9. The minimum Gasteiger partial charge on any atom is -0.444 e. The van der Waals surface area contributed by atoms with Crippen molar-refractivity contribution in [2.45, 2.75) is 52.6 Å². The predicted molar refractivity (Wildman–Crippen MR) is 101 cm³/mol. The third kappa shape index (κ3) is 5.38. The molecule has 0 fully saturated rings. The molecular formula is C21H27N2O3+. The summed E-state index contributed by atoms with van der Waals surface area (Å²) in [5.41, 5.74) is 1.96. The Morgan fingerprint density at radius 1 is 1.31 bits per heavy atom. The van der Waals surface area contributed by atoms with Crippen molar-refractivity contribution in [1.29, 1.82) is 0 Å². The lowest BCUT2D eigenvalue weighted by molar-refractivity contribution is -0.884. The molecule has 5 nitrogen and oxygen atoms in total. The fourth-order valence-corrected chi connectivity index (χ4v) is 2.61. The summed E-state index contributed by atoms with van der Waals surface area (Å²) in [5.74, 6) is 6.28. The zero-order valence-corrected chi connectivity index (χ0v) is 15.9. The molecule has 2 aromatic rings. The van der Waals surface area contributed by atoms with Gasteiger partial charge < -0.3 is 10.1 Å². The molecule has 0 saturated heterocycles. The zero-order chi connectivity index (χ0) is 19.2. The van der Waals surface area contributed by atoms with Crippen molar-refractivity contribution in [1.82, 2.24) is 5.32 Å². The molecule has 0 unspecified atom stereocenters. The van der Waals surface area contributed by atoms with E-state index >= 15 is 0 Å². The molecule has 5 heteroatoms. The van der Waals surface area contributed by atoms with Gasteiger partial charge in [0, 0.05) is 23.8 Å². The Morgan fingerprint density at radius 3 is 2.73 bits per heavy atom. The van der Waals surface area contributed by atoms with Crippen LogP contribution in [-0.4, -0.2) is 23.4 Å². The van der Waals surface area contributed by atoms with Crippen molar-refractivity contribution in [3.8, 4) is 11.8 Å². The van der Waals surface area contributed by atoms with Crippen LogP contribution in [0.4, 0.5) is 4.79 Å². The molecule has 1 aromatic carbocycles. The first-order valence-electron chi connectivity index (χ1n) is 8.93. The molecule has 0 aliphatic rings. The van der Waals surface area contributed by atoms with E-state index in [0.717, 1.165) is 34.1 Å². The van der Waals surface area contributed by atoms with Gasteiger partial charge in [0.05, 0.1) is 10.9 Å². The highest BCUT2D eigenvalue weighted by Gasteiger charge is 2.18. The van der Waals surface area contributed by atoms with E-state index in [4.69, 9.17) is 4.74 Å². The number of unbranched alkanes of at least 4 members (excludes halogenated alkanes) is 1. The van der Waals surface area contributed by atoms with Gasteiger partial charge in [-0.05, 0) is 45.2 Å². The summed E-state index contributed by atoms with van der Waals surface area (Å²) in [6.45, 7) is 8.00. The molecule has 0 saturated carbocycles. The van der Waals surface area contributed by atoms with Crippen molar-refractivity contribution >= 4 is 17.0 Å². The number of alkyl carbamates (subject to hydrolysis) is 1. The van der Waals surface area contributed by atoms with Crippen LogP contribution in [-0.2, 0) is 11.2 Å². The molecule has 0 spiro atoms. The number of pyridine rings is 1. The van der Waals surface area contributed by atoms with Crippen LogP contribution in [0, 0.1) is 11.8 Å². The second-order valence-electron chi connectivity index (χ2n) is 7.11. The lowest BCUT2D eigenvalue weighted by atomic mass is 10.0. The monoisotopic (exact) mass is 355 g/mol. The van der Waals surface area contributed by atoms with Crippen LogP contribution < -0.4 is 10.0 Å². The Bertz CT molecular complexity index is 842. The number of hydrogen-bond acceptors (Lipinski definition) is 3. The normalized spacial score (nSPS) is 10.9. The lowest BCUT2D eigenvalue weighted by Crippen LogP contribution is -2.34. The number of para-hydroxylation sites is 1. The van der Waals surface area contributed by atoms with Crippen LogP contribution in [0.2, 0.25) is 0 Å². The van der Waals surface area contributed by atoms with Crippen LogP contribution >= 0.6 is 0 Å². The topological polar surface area (TPSA) is 62.4 Å². The van der Waals surface area contributed by atoms with E-state index in [-0.39, 0.29) is 0 Å². The number of rotatable bonds is 4. The number of hydrogen-bond donors (Lipinski definition) is 2. The fourth-order valence-electron chi connectivity index (χ4n) is 2.61. The average molecular weight is 355 g/mol. The third-order valence-electron chi connectivity index (χ3n) is 3.69. The molecule has 2 rings (SSSR count). The molecule has 1 aromatic heterocycles. The Kier molecular flexibility index (Phi) is 6.46. The molecule has 0 bridgehead atoms. The number of nitrogens with one attached hydrogen (secondary N) is 1. The van der Waals surface area contributed by atoms with Crippen LogP contribution in [0.15, 0.2) is 30.5 Å². The second kappa shape index (κ2) is 8.57. The first-order chi connectivity index (χ1) is 12.3.